The predicted molar refractivity (Wildman–Crippen MR) is 34.2 cm³/mol. The maximum atomic E-state index is 9.89. The Morgan fingerprint density at radius 1 is 1.67 bits per heavy atom. The third-order valence-corrected chi connectivity index (χ3v) is 1.71. The normalized spacial score (nSPS) is 29.8. The van der Waals surface area contributed by atoms with E-state index in [0.29, 0.717) is 12.5 Å². The number of rotatable bonds is 3. The first-order chi connectivity index (χ1) is 4.17. The second-order valence-electron chi connectivity index (χ2n) is 2.95. The van der Waals surface area contributed by atoms with Gasteiger partial charge in [0.1, 0.15) is 6.29 Å². The van der Waals surface area contributed by atoms with Crippen LogP contribution in [-0.4, -0.2) is 18.0 Å². The summed E-state index contributed by atoms with van der Waals surface area (Å²) in [4.78, 5) is 9.89. The molecule has 2 nitrogen and oxygen atoms in total. The number of ether oxygens (including phenoxy) is 1. The Kier molecular flexibility index (Phi) is 1.58. The van der Waals surface area contributed by atoms with Gasteiger partial charge in [0.15, 0.2) is 0 Å². The number of hydrogen-bond acceptors (Lipinski definition) is 2. The van der Waals surface area contributed by atoms with Crippen LogP contribution in [0, 0.1) is 0 Å². The van der Waals surface area contributed by atoms with Gasteiger partial charge in [-0.2, -0.15) is 0 Å². The molecule has 0 radical (unpaired) electrons. The van der Waals surface area contributed by atoms with Crippen LogP contribution in [0.25, 0.3) is 0 Å². The zero-order valence-electron chi connectivity index (χ0n) is 5.89. The molecule has 1 rings (SSSR count). The monoisotopic (exact) mass is 128 g/mol. The van der Waals surface area contributed by atoms with E-state index >= 15 is 0 Å². The summed E-state index contributed by atoms with van der Waals surface area (Å²) in [5.41, 5.74) is 0.0585. The second-order valence-corrected chi connectivity index (χ2v) is 2.95. The van der Waals surface area contributed by atoms with E-state index in [1.54, 1.807) is 0 Å². The Hall–Kier alpha value is -0.370. The second kappa shape index (κ2) is 2.10. The fourth-order valence-corrected chi connectivity index (χ4v) is 0.959. The summed E-state index contributed by atoms with van der Waals surface area (Å²) in [6.07, 6.45) is 2.80. The maximum Gasteiger partial charge on any atom is 0.120 e. The fraction of sp³-hybridized carbons (Fsp3) is 0.857. The highest BCUT2D eigenvalue weighted by Gasteiger charge is 2.46. The van der Waals surface area contributed by atoms with E-state index in [-0.39, 0.29) is 5.60 Å². The molecule has 1 atom stereocenters. The van der Waals surface area contributed by atoms with E-state index in [1.165, 1.54) is 0 Å². The molecule has 1 aliphatic heterocycles. The van der Waals surface area contributed by atoms with Crippen molar-refractivity contribution in [1.82, 2.24) is 0 Å². The zero-order valence-corrected chi connectivity index (χ0v) is 5.89. The minimum Gasteiger partial charge on any atom is -0.367 e. The minimum atomic E-state index is 0.0585. The quantitative estimate of drug-likeness (QED) is 0.421. The smallest absolute Gasteiger partial charge is 0.120 e. The maximum absolute atomic E-state index is 9.89. The lowest BCUT2D eigenvalue weighted by molar-refractivity contribution is -0.108. The Labute approximate surface area is 55.2 Å². The number of hydrogen-bond donors (Lipinski definition) is 0. The van der Waals surface area contributed by atoms with Crippen molar-refractivity contribution in [3.8, 4) is 0 Å². The Bertz CT molecular complexity index is 118. The third-order valence-electron chi connectivity index (χ3n) is 1.71. The van der Waals surface area contributed by atoms with Crippen LogP contribution in [0.3, 0.4) is 0 Å². The molecular formula is C7H12O2. The molecular weight excluding hydrogens is 116 g/mol. The van der Waals surface area contributed by atoms with E-state index in [9.17, 15) is 4.79 Å². The number of carbonyl (C=O) groups is 1. The van der Waals surface area contributed by atoms with Crippen molar-refractivity contribution < 1.29 is 9.53 Å². The van der Waals surface area contributed by atoms with Gasteiger partial charge in [-0.15, -0.1) is 0 Å². The van der Waals surface area contributed by atoms with E-state index in [2.05, 4.69) is 0 Å². The lowest BCUT2D eigenvalue weighted by Gasteiger charge is -1.90. The molecule has 9 heavy (non-hydrogen) atoms. The first-order valence-electron chi connectivity index (χ1n) is 3.28. The molecule has 52 valence electrons. The van der Waals surface area contributed by atoms with E-state index in [0.717, 1.165) is 12.7 Å². The molecule has 0 amide bonds. The molecule has 1 aliphatic rings. The standard InChI is InChI=1S/C7H12O2/c1-7(2)6(9-7)4-3-5-8/h5-6H,3-4H2,1-2H3. The van der Waals surface area contributed by atoms with Gasteiger partial charge in [-0.1, -0.05) is 0 Å². The molecule has 1 unspecified atom stereocenters. The van der Waals surface area contributed by atoms with Crippen molar-refractivity contribution in [3.63, 3.8) is 0 Å². The van der Waals surface area contributed by atoms with Gasteiger partial charge in [0.25, 0.3) is 0 Å². The van der Waals surface area contributed by atoms with Crippen molar-refractivity contribution in [2.75, 3.05) is 0 Å². The fourth-order valence-electron chi connectivity index (χ4n) is 0.959. The van der Waals surface area contributed by atoms with Crippen LogP contribution in [-0.2, 0) is 9.53 Å². The van der Waals surface area contributed by atoms with Crippen LogP contribution in [0.15, 0.2) is 0 Å². The summed E-state index contributed by atoms with van der Waals surface area (Å²) >= 11 is 0. The Balaban J connectivity index is 2.12. The molecule has 0 aromatic carbocycles. The lowest BCUT2D eigenvalue weighted by atomic mass is 10.1. The molecule has 0 N–H and O–H groups in total. The van der Waals surface area contributed by atoms with Gasteiger partial charge in [-0.25, -0.2) is 0 Å². The van der Waals surface area contributed by atoms with Crippen LogP contribution in [0.4, 0.5) is 0 Å². The molecule has 0 spiro atoms. The molecule has 1 saturated heterocycles. The molecule has 0 bridgehead atoms. The topological polar surface area (TPSA) is 29.6 Å². The number of epoxide rings is 1. The molecule has 0 aromatic heterocycles. The predicted octanol–water partition coefficient (Wildman–Crippen LogP) is 1.14. The third kappa shape index (κ3) is 1.52. The van der Waals surface area contributed by atoms with Crippen LogP contribution >= 0.6 is 0 Å². The lowest BCUT2D eigenvalue weighted by Crippen LogP contribution is -2.02. The Morgan fingerprint density at radius 2 is 2.22 bits per heavy atom. The summed E-state index contributed by atoms with van der Waals surface area (Å²) < 4.78 is 5.25. The van der Waals surface area contributed by atoms with Crippen molar-refractivity contribution >= 4 is 6.29 Å². The highest BCUT2D eigenvalue weighted by molar-refractivity contribution is 5.49. The molecule has 1 fully saturated rings. The van der Waals surface area contributed by atoms with Crippen LogP contribution < -0.4 is 0 Å². The van der Waals surface area contributed by atoms with Crippen molar-refractivity contribution in [1.29, 1.82) is 0 Å². The summed E-state index contributed by atoms with van der Waals surface area (Å²) in [6, 6.07) is 0. The van der Waals surface area contributed by atoms with Crippen LogP contribution in [0.1, 0.15) is 26.7 Å². The first kappa shape index (κ1) is 6.75. The Morgan fingerprint density at radius 3 is 2.56 bits per heavy atom. The summed E-state index contributed by atoms with van der Waals surface area (Å²) in [5, 5.41) is 0. The van der Waals surface area contributed by atoms with Crippen molar-refractivity contribution in [2.24, 2.45) is 0 Å². The molecule has 0 saturated carbocycles. The van der Waals surface area contributed by atoms with E-state index in [1.807, 2.05) is 13.8 Å². The average molecular weight is 128 g/mol. The van der Waals surface area contributed by atoms with Crippen molar-refractivity contribution in [3.05, 3.63) is 0 Å². The molecule has 2 heteroatoms. The summed E-state index contributed by atoms with van der Waals surface area (Å²) in [7, 11) is 0. The van der Waals surface area contributed by atoms with Gasteiger partial charge in [0.05, 0.1) is 11.7 Å². The largest absolute Gasteiger partial charge is 0.367 e. The van der Waals surface area contributed by atoms with Gasteiger partial charge in [0, 0.05) is 6.42 Å². The van der Waals surface area contributed by atoms with E-state index in [4.69, 9.17) is 4.74 Å². The molecule has 1 heterocycles. The summed E-state index contributed by atoms with van der Waals surface area (Å²) in [5.74, 6) is 0. The van der Waals surface area contributed by atoms with Crippen LogP contribution in [0.5, 0.6) is 0 Å². The zero-order chi connectivity index (χ0) is 6.91. The SMILES string of the molecule is CC1(C)OC1CCC=O. The first-order valence-corrected chi connectivity index (χ1v) is 3.28. The van der Waals surface area contributed by atoms with Gasteiger partial charge < -0.3 is 9.53 Å². The van der Waals surface area contributed by atoms with Gasteiger partial charge in [-0.05, 0) is 20.3 Å². The summed E-state index contributed by atoms with van der Waals surface area (Å²) in [6.45, 7) is 4.09. The number of carbonyl (C=O) groups excluding carboxylic acids is 1. The minimum absolute atomic E-state index is 0.0585. The van der Waals surface area contributed by atoms with Gasteiger partial charge in [0.2, 0.25) is 0 Å². The number of aldehydes is 1. The molecule has 0 aliphatic carbocycles. The van der Waals surface area contributed by atoms with Crippen molar-refractivity contribution in [2.45, 2.75) is 38.4 Å². The highest BCUT2D eigenvalue weighted by Crippen LogP contribution is 2.37. The van der Waals surface area contributed by atoms with Crippen LogP contribution in [0.2, 0.25) is 0 Å². The van der Waals surface area contributed by atoms with Gasteiger partial charge in [-0.3, -0.25) is 0 Å². The average Bonchev–Trinajstić information content (AvgIpc) is 2.35. The highest BCUT2D eigenvalue weighted by atomic mass is 16.6. The molecule has 0 aromatic rings. The van der Waals surface area contributed by atoms with E-state index < -0.39 is 0 Å². The van der Waals surface area contributed by atoms with Gasteiger partial charge >= 0.3 is 0 Å².